The summed E-state index contributed by atoms with van der Waals surface area (Å²) in [4.78, 5) is 24.1. The van der Waals surface area contributed by atoms with Crippen molar-refractivity contribution in [3.05, 3.63) is 94.4 Å². The molecular weight excluding hydrogens is 498 g/mol. The maximum Gasteiger partial charge on any atom is 0.262 e. The SMILES string of the molecule is CCc1sc(NC(=O)c2cc3cc(OC)ccc3oc2=Nc2ccc(OC)cc2)nc1-c1ccc(C)cc1. The van der Waals surface area contributed by atoms with Gasteiger partial charge in [0.1, 0.15) is 22.6 Å². The summed E-state index contributed by atoms with van der Waals surface area (Å²) in [6.45, 7) is 4.13. The monoisotopic (exact) mass is 525 g/mol. The van der Waals surface area contributed by atoms with Crippen LogP contribution in [-0.4, -0.2) is 25.1 Å². The second-order valence-electron chi connectivity index (χ2n) is 8.64. The molecule has 0 saturated carbocycles. The molecular formula is C30H27N3O4S. The van der Waals surface area contributed by atoms with Crippen molar-refractivity contribution in [1.29, 1.82) is 0 Å². The number of thiazole rings is 1. The van der Waals surface area contributed by atoms with Crippen LogP contribution in [-0.2, 0) is 6.42 Å². The van der Waals surface area contributed by atoms with Gasteiger partial charge in [-0.3, -0.25) is 10.1 Å². The molecule has 192 valence electrons. The zero-order valence-electron chi connectivity index (χ0n) is 21.6. The molecule has 0 saturated heterocycles. The van der Waals surface area contributed by atoms with E-state index in [1.165, 1.54) is 16.9 Å². The zero-order chi connectivity index (χ0) is 26.6. The zero-order valence-corrected chi connectivity index (χ0v) is 22.4. The second kappa shape index (κ2) is 10.9. The highest BCUT2D eigenvalue weighted by Crippen LogP contribution is 2.32. The highest BCUT2D eigenvalue weighted by molar-refractivity contribution is 7.16. The number of carbonyl (C=O) groups excluding carboxylic acids is 1. The van der Waals surface area contributed by atoms with Gasteiger partial charge < -0.3 is 13.9 Å². The molecule has 2 heterocycles. The van der Waals surface area contributed by atoms with E-state index in [0.717, 1.165) is 27.9 Å². The third-order valence-electron chi connectivity index (χ3n) is 6.07. The van der Waals surface area contributed by atoms with E-state index in [4.69, 9.17) is 18.9 Å². The molecule has 0 unspecified atom stereocenters. The van der Waals surface area contributed by atoms with Gasteiger partial charge in [0.15, 0.2) is 5.13 Å². The number of amides is 1. The van der Waals surface area contributed by atoms with Crippen molar-refractivity contribution >= 4 is 39.0 Å². The first-order valence-corrected chi connectivity index (χ1v) is 13.0. The lowest BCUT2D eigenvalue weighted by atomic mass is 10.1. The number of hydrogen-bond acceptors (Lipinski definition) is 7. The molecule has 0 atom stereocenters. The number of aromatic nitrogens is 1. The molecule has 5 rings (SSSR count). The lowest BCUT2D eigenvalue weighted by Crippen LogP contribution is -2.21. The predicted molar refractivity (Wildman–Crippen MR) is 151 cm³/mol. The van der Waals surface area contributed by atoms with Crippen molar-refractivity contribution in [3.8, 4) is 22.8 Å². The van der Waals surface area contributed by atoms with Gasteiger partial charge in [0.2, 0.25) is 5.55 Å². The van der Waals surface area contributed by atoms with Gasteiger partial charge in [-0.2, -0.15) is 0 Å². The summed E-state index contributed by atoms with van der Waals surface area (Å²) in [6.07, 6.45) is 0.805. The number of rotatable bonds is 7. The molecule has 3 aromatic carbocycles. The van der Waals surface area contributed by atoms with E-state index in [1.807, 2.05) is 6.07 Å². The number of hydrogen-bond donors (Lipinski definition) is 1. The van der Waals surface area contributed by atoms with Crippen LogP contribution in [0.4, 0.5) is 10.8 Å². The Morgan fingerprint density at radius 2 is 1.68 bits per heavy atom. The quantitative estimate of drug-likeness (QED) is 0.249. The summed E-state index contributed by atoms with van der Waals surface area (Å²) in [6, 6.07) is 22.6. The minimum absolute atomic E-state index is 0.191. The van der Waals surface area contributed by atoms with Crippen LogP contribution in [0.1, 0.15) is 27.7 Å². The summed E-state index contributed by atoms with van der Waals surface area (Å²) in [5.41, 5.74) is 4.76. The molecule has 0 radical (unpaired) electrons. The smallest absolute Gasteiger partial charge is 0.262 e. The van der Waals surface area contributed by atoms with Crippen LogP contribution < -0.4 is 20.3 Å². The molecule has 8 heteroatoms. The normalized spacial score (nSPS) is 11.5. The summed E-state index contributed by atoms with van der Waals surface area (Å²) in [7, 11) is 3.20. The standard InChI is InChI=1S/C30H27N3O4S/c1-5-26-27(19-8-6-18(2)7-9-19)32-30(38-26)33-28(34)24-17-20-16-23(36-4)14-15-25(20)37-29(24)31-21-10-12-22(35-3)13-11-21/h6-17H,5H2,1-4H3,(H,32,33,34). The molecule has 0 spiro atoms. The lowest BCUT2D eigenvalue weighted by Gasteiger charge is -2.07. The second-order valence-corrected chi connectivity index (χ2v) is 9.73. The van der Waals surface area contributed by atoms with Crippen molar-refractivity contribution in [2.24, 2.45) is 4.99 Å². The summed E-state index contributed by atoms with van der Waals surface area (Å²) in [5, 5.41) is 4.21. The van der Waals surface area contributed by atoms with E-state index >= 15 is 0 Å². The third kappa shape index (κ3) is 5.31. The van der Waals surface area contributed by atoms with Gasteiger partial charge in [-0.15, -0.1) is 11.3 Å². The molecule has 5 aromatic rings. The van der Waals surface area contributed by atoms with Gasteiger partial charge in [-0.25, -0.2) is 9.98 Å². The van der Waals surface area contributed by atoms with Crippen LogP contribution in [0, 0.1) is 6.92 Å². The van der Waals surface area contributed by atoms with E-state index in [2.05, 4.69) is 48.4 Å². The molecule has 1 amide bonds. The lowest BCUT2D eigenvalue weighted by molar-refractivity contribution is 0.102. The molecule has 2 aromatic heterocycles. The first-order chi connectivity index (χ1) is 18.5. The Morgan fingerprint density at radius 3 is 2.37 bits per heavy atom. The van der Waals surface area contributed by atoms with Gasteiger partial charge in [0.05, 0.1) is 25.6 Å². The van der Waals surface area contributed by atoms with Crippen LogP contribution in [0.3, 0.4) is 0 Å². The number of benzene rings is 3. The van der Waals surface area contributed by atoms with E-state index < -0.39 is 0 Å². The van der Waals surface area contributed by atoms with Crippen LogP contribution in [0.5, 0.6) is 11.5 Å². The fourth-order valence-electron chi connectivity index (χ4n) is 4.00. The minimum Gasteiger partial charge on any atom is -0.497 e. The number of ether oxygens (including phenoxy) is 2. The topological polar surface area (TPSA) is 86.0 Å². The first-order valence-electron chi connectivity index (χ1n) is 12.2. The van der Waals surface area contributed by atoms with Crippen molar-refractivity contribution < 1.29 is 18.7 Å². The number of aryl methyl sites for hydroxylation is 2. The molecule has 0 aliphatic heterocycles. The van der Waals surface area contributed by atoms with Gasteiger partial charge in [0, 0.05) is 15.8 Å². The number of nitrogens with zero attached hydrogens (tertiary/aromatic N) is 2. The Bertz CT molecular complexity index is 1670. The Morgan fingerprint density at radius 1 is 0.974 bits per heavy atom. The highest BCUT2D eigenvalue weighted by atomic mass is 32.1. The number of anilines is 1. The van der Waals surface area contributed by atoms with E-state index in [0.29, 0.717) is 27.9 Å². The minimum atomic E-state index is -0.363. The van der Waals surface area contributed by atoms with Crippen molar-refractivity contribution in [3.63, 3.8) is 0 Å². The van der Waals surface area contributed by atoms with E-state index in [1.54, 1.807) is 56.7 Å². The average molecular weight is 526 g/mol. The summed E-state index contributed by atoms with van der Waals surface area (Å²) in [5.74, 6) is 1.01. The van der Waals surface area contributed by atoms with Crippen LogP contribution in [0.25, 0.3) is 22.2 Å². The Labute approximate surface area is 224 Å². The molecule has 0 aliphatic rings. The van der Waals surface area contributed by atoms with Crippen molar-refractivity contribution in [2.75, 3.05) is 19.5 Å². The number of nitrogens with one attached hydrogen (secondary N) is 1. The number of carbonyl (C=O) groups is 1. The van der Waals surface area contributed by atoms with Crippen LogP contribution in [0.15, 0.2) is 82.2 Å². The van der Waals surface area contributed by atoms with Gasteiger partial charge >= 0.3 is 0 Å². The predicted octanol–water partition coefficient (Wildman–Crippen LogP) is 6.93. The Balaban J connectivity index is 1.56. The molecule has 7 nitrogen and oxygen atoms in total. The van der Waals surface area contributed by atoms with Crippen molar-refractivity contribution in [1.82, 2.24) is 4.98 Å². The van der Waals surface area contributed by atoms with Gasteiger partial charge in [-0.1, -0.05) is 36.8 Å². The van der Waals surface area contributed by atoms with E-state index in [9.17, 15) is 4.79 Å². The fourth-order valence-corrected chi connectivity index (χ4v) is 4.92. The first kappa shape index (κ1) is 25.2. The number of methoxy groups -OCH3 is 2. The molecule has 1 N–H and O–H groups in total. The maximum atomic E-state index is 13.6. The van der Waals surface area contributed by atoms with Gasteiger partial charge in [0.25, 0.3) is 5.91 Å². The number of fused-ring (bicyclic) bond motifs is 1. The summed E-state index contributed by atoms with van der Waals surface area (Å²) >= 11 is 1.47. The van der Waals surface area contributed by atoms with Crippen molar-refractivity contribution in [2.45, 2.75) is 20.3 Å². The molecule has 38 heavy (non-hydrogen) atoms. The molecule has 0 fully saturated rings. The maximum absolute atomic E-state index is 13.6. The Kier molecular flexibility index (Phi) is 7.24. The summed E-state index contributed by atoms with van der Waals surface area (Å²) < 4.78 is 16.7. The van der Waals surface area contributed by atoms with Crippen LogP contribution in [0.2, 0.25) is 0 Å². The van der Waals surface area contributed by atoms with Crippen LogP contribution >= 0.6 is 11.3 Å². The largest absolute Gasteiger partial charge is 0.497 e. The van der Waals surface area contributed by atoms with E-state index in [-0.39, 0.29) is 17.0 Å². The average Bonchev–Trinajstić information content (AvgIpc) is 3.35. The highest BCUT2D eigenvalue weighted by Gasteiger charge is 2.18. The third-order valence-corrected chi connectivity index (χ3v) is 7.18. The molecule has 0 aliphatic carbocycles. The fraction of sp³-hybridized carbons (Fsp3) is 0.167. The van der Waals surface area contributed by atoms with Gasteiger partial charge in [-0.05, 0) is 61.9 Å². The Hall–Kier alpha value is -4.43. The molecule has 0 bridgehead atoms.